The van der Waals surface area contributed by atoms with Gasteiger partial charge in [0.2, 0.25) is 0 Å². The summed E-state index contributed by atoms with van der Waals surface area (Å²) in [5.74, 6) is 0.483. The first-order chi connectivity index (χ1) is 8.66. The number of nitrogens with zero attached hydrogens (tertiary/aromatic N) is 1. The van der Waals surface area contributed by atoms with Crippen LogP contribution < -0.4 is 10.6 Å². The molecule has 1 fully saturated rings. The highest BCUT2D eigenvalue weighted by atomic mass is 16.4. The van der Waals surface area contributed by atoms with Gasteiger partial charge in [-0.15, -0.1) is 0 Å². The predicted molar refractivity (Wildman–Crippen MR) is 68.7 cm³/mol. The number of furan rings is 1. The van der Waals surface area contributed by atoms with Gasteiger partial charge in [-0.25, -0.2) is 0 Å². The zero-order valence-corrected chi connectivity index (χ0v) is 10.5. The largest absolute Gasteiger partial charge is 0.480 e. The lowest BCUT2D eigenvalue weighted by Gasteiger charge is -2.18. The summed E-state index contributed by atoms with van der Waals surface area (Å²) in [5.41, 5.74) is 5.49. The van der Waals surface area contributed by atoms with Crippen LogP contribution in [0, 0.1) is 0 Å². The van der Waals surface area contributed by atoms with E-state index in [0.717, 1.165) is 19.0 Å². The Kier molecular flexibility index (Phi) is 4.25. The first-order valence-electron chi connectivity index (χ1n) is 6.49. The molecule has 0 amide bonds. The van der Waals surface area contributed by atoms with E-state index in [4.69, 9.17) is 15.3 Å². The van der Waals surface area contributed by atoms with Crippen LogP contribution in [0.15, 0.2) is 16.5 Å². The van der Waals surface area contributed by atoms with E-state index in [1.54, 1.807) is 0 Å². The third-order valence-electron chi connectivity index (χ3n) is 3.30. The minimum atomic E-state index is -0.997. The van der Waals surface area contributed by atoms with Crippen LogP contribution in [0.1, 0.15) is 31.4 Å². The normalized spacial score (nSPS) is 18.4. The molecule has 18 heavy (non-hydrogen) atoms. The average Bonchev–Trinajstić information content (AvgIpc) is 2.63. The molecule has 1 atom stereocenters. The second-order valence-corrected chi connectivity index (χ2v) is 4.79. The topological polar surface area (TPSA) is 79.7 Å². The number of hydrogen-bond donors (Lipinski definition) is 2. The first kappa shape index (κ1) is 13.0. The summed E-state index contributed by atoms with van der Waals surface area (Å²) in [6, 6.07) is 2.84. The van der Waals surface area contributed by atoms with E-state index in [1.807, 2.05) is 12.1 Å². The fourth-order valence-corrected chi connectivity index (χ4v) is 2.24. The van der Waals surface area contributed by atoms with Crippen LogP contribution in [-0.4, -0.2) is 30.2 Å². The third kappa shape index (κ3) is 3.26. The maximum atomic E-state index is 10.7. The molecule has 1 saturated heterocycles. The zero-order chi connectivity index (χ0) is 13.0. The maximum Gasteiger partial charge on any atom is 0.320 e. The smallest absolute Gasteiger partial charge is 0.320 e. The molecule has 100 valence electrons. The number of carbonyl (C=O) groups is 1. The average molecular weight is 252 g/mol. The van der Waals surface area contributed by atoms with Gasteiger partial charge < -0.3 is 20.2 Å². The maximum absolute atomic E-state index is 10.7. The molecular weight excluding hydrogens is 232 g/mol. The monoisotopic (exact) mass is 252 g/mol. The minimum Gasteiger partial charge on any atom is -0.480 e. The quantitative estimate of drug-likeness (QED) is 0.851. The van der Waals surface area contributed by atoms with Gasteiger partial charge >= 0.3 is 5.97 Å². The van der Waals surface area contributed by atoms with Crippen molar-refractivity contribution in [3.63, 3.8) is 0 Å². The minimum absolute atomic E-state index is 0.239. The van der Waals surface area contributed by atoms with E-state index in [-0.39, 0.29) is 6.42 Å². The molecular formula is C13H20N2O3. The van der Waals surface area contributed by atoms with Gasteiger partial charge in [-0.3, -0.25) is 4.79 Å². The molecule has 0 saturated carbocycles. The van der Waals surface area contributed by atoms with Crippen LogP contribution in [0.25, 0.3) is 0 Å². The number of carboxylic acid groups (broad SMARTS) is 1. The molecule has 1 aliphatic heterocycles. The number of carboxylic acids is 1. The Morgan fingerprint density at radius 1 is 1.33 bits per heavy atom. The van der Waals surface area contributed by atoms with Crippen molar-refractivity contribution in [2.45, 2.75) is 38.1 Å². The van der Waals surface area contributed by atoms with Gasteiger partial charge in [-0.1, -0.05) is 12.8 Å². The summed E-state index contributed by atoms with van der Waals surface area (Å²) in [6.07, 6.45) is 5.15. The number of anilines is 1. The lowest BCUT2D eigenvalue weighted by molar-refractivity contribution is -0.138. The lowest BCUT2D eigenvalue weighted by Crippen LogP contribution is -2.32. The van der Waals surface area contributed by atoms with E-state index in [2.05, 4.69) is 4.90 Å². The summed E-state index contributed by atoms with van der Waals surface area (Å²) in [4.78, 5) is 12.9. The Hall–Kier alpha value is -1.49. The zero-order valence-electron chi connectivity index (χ0n) is 10.5. The fourth-order valence-electron chi connectivity index (χ4n) is 2.24. The predicted octanol–water partition coefficient (Wildman–Crippen LogP) is 1.61. The van der Waals surface area contributed by atoms with E-state index >= 15 is 0 Å². The van der Waals surface area contributed by atoms with Crippen LogP contribution in [0.4, 0.5) is 5.88 Å². The second kappa shape index (κ2) is 5.91. The van der Waals surface area contributed by atoms with Crippen LogP contribution in [0.3, 0.4) is 0 Å². The molecule has 5 heteroatoms. The van der Waals surface area contributed by atoms with E-state index < -0.39 is 12.0 Å². The van der Waals surface area contributed by atoms with E-state index in [0.29, 0.717) is 5.76 Å². The van der Waals surface area contributed by atoms with Crippen LogP contribution >= 0.6 is 0 Å². The highest BCUT2D eigenvalue weighted by Gasteiger charge is 2.17. The van der Waals surface area contributed by atoms with Crippen molar-refractivity contribution >= 4 is 11.9 Å². The second-order valence-electron chi connectivity index (χ2n) is 4.79. The molecule has 1 aromatic heterocycles. The molecule has 0 aliphatic carbocycles. The molecule has 5 nitrogen and oxygen atoms in total. The SMILES string of the molecule is NC(Cc1ccc(N2CCCCCC2)o1)C(=O)O. The molecule has 0 radical (unpaired) electrons. The van der Waals surface area contributed by atoms with Crippen molar-refractivity contribution in [2.24, 2.45) is 5.73 Å². The Bertz CT molecular complexity index is 395. The molecule has 0 bridgehead atoms. The van der Waals surface area contributed by atoms with E-state index in [9.17, 15) is 4.79 Å². The Balaban J connectivity index is 1.98. The molecule has 2 heterocycles. The molecule has 3 N–H and O–H groups in total. The molecule has 1 unspecified atom stereocenters. The van der Waals surface area contributed by atoms with E-state index in [1.165, 1.54) is 25.7 Å². The summed E-state index contributed by atoms with van der Waals surface area (Å²) in [7, 11) is 0. The highest BCUT2D eigenvalue weighted by molar-refractivity contribution is 5.73. The number of nitrogens with two attached hydrogens (primary N) is 1. The molecule has 1 aromatic rings. The number of rotatable bonds is 4. The first-order valence-corrected chi connectivity index (χ1v) is 6.49. The lowest BCUT2D eigenvalue weighted by atomic mass is 10.2. The van der Waals surface area contributed by atoms with Crippen molar-refractivity contribution in [1.82, 2.24) is 0 Å². The van der Waals surface area contributed by atoms with Gasteiger partial charge in [-0.05, 0) is 18.9 Å². The Morgan fingerprint density at radius 3 is 2.61 bits per heavy atom. The summed E-state index contributed by atoms with van der Waals surface area (Å²) in [5, 5.41) is 8.76. The molecule has 0 spiro atoms. The van der Waals surface area contributed by atoms with Crippen molar-refractivity contribution in [1.29, 1.82) is 0 Å². The third-order valence-corrected chi connectivity index (χ3v) is 3.30. The highest BCUT2D eigenvalue weighted by Crippen LogP contribution is 2.22. The van der Waals surface area contributed by atoms with Gasteiger partial charge in [0.25, 0.3) is 0 Å². The molecule has 0 aromatic carbocycles. The summed E-state index contributed by atoms with van der Waals surface area (Å²) < 4.78 is 5.68. The number of aliphatic carboxylic acids is 1. The number of hydrogen-bond acceptors (Lipinski definition) is 4. The van der Waals surface area contributed by atoms with Crippen molar-refractivity contribution in [3.8, 4) is 0 Å². The van der Waals surface area contributed by atoms with Gasteiger partial charge in [0.1, 0.15) is 11.8 Å². The summed E-state index contributed by atoms with van der Waals surface area (Å²) in [6.45, 7) is 2.02. The Morgan fingerprint density at radius 2 is 2.00 bits per heavy atom. The van der Waals surface area contributed by atoms with Gasteiger partial charge in [0.05, 0.1) is 0 Å². The Labute approximate surface area is 107 Å². The van der Waals surface area contributed by atoms with Gasteiger partial charge in [-0.2, -0.15) is 0 Å². The van der Waals surface area contributed by atoms with Gasteiger partial charge in [0, 0.05) is 25.6 Å². The fraction of sp³-hybridized carbons (Fsp3) is 0.615. The van der Waals surface area contributed by atoms with Crippen molar-refractivity contribution < 1.29 is 14.3 Å². The molecule has 1 aliphatic rings. The molecule has 2 rings (SSSR count). The van der Waals surface area contributed by atoms with Gasteiger partial charge in [0.15, 0.2) is 5.88 Å². The van der Waals surface area contributed by atoms with Crippen LogP contribution in [0.2, 0.25) is 0 Å². The summed E-state index contributed by atoms with van der Waals surface area (Å²) >= 11 is 0. The van der Waals surface area contributed by atoms with Crippen molar-refractivity contribution in [2.75, 3.05) is 18.0 Å². The van der Waals surface area contributed by atoms with Crippen LogP contribution in [0.5, 0.6) is 0 Å². The van der Waals surface area contributed by atoms with Crippen molar-refractivity contribution in [3.05, 3.63) is 17.9 Å². The van der Waals surface area contributed by atoms with Crippen LogP contribution in [-0.2, 0) is 11.2 Å². The standard InChI is InChI=1S/C13H20N2O3/c14-11(13(16)17)9-10-5-6-12(18-10)15-7-3-1-2-4-8-15/h5-6,11H,1-4,7-9,14H2,(H,16,17).